The number of benzene rings is 4. The van der Waals surface area contributed by atoms with Crippen molar-refractivity contribution in [3.8, 4) is 28.2 Å². The van der Waals surface area contributed by atoms with Crippen LogP contribution in [0.25, 0.3) is 39.2 Å². The summed E-state index contributed by atoms with van der Waals surface area (Å²) >= 11 is 0. The third-order valence-corrected chi connectivity index (χ3v) is 6.20. The molecular weight excluding hydrogens is 388 g/mol. The average Bonchev–Trinajstić information content (AvgIpc) is 3.18. The predicted molar refractivity (Wildman–Crippen MR) is 136 cm³/mol. The van der Waals surface area contributed by atoms with Crippen molar-refractivity contribution < 1.29 is 0 Å². The molecule has 0 radical (unpaired) electrons. The zero-order valence-electron chi connectivity index (χ0n) is 19.1. The van der Waals surface area contributed by atoms with E-state index >= 15 is 0 Å². The van der Waals surface area contributed by atoms with E-state index in [1.807, 2.05) is 0 Å². The Kier molecular flexibility index (Phi) is 5.14. The van der Waals surface area contributed by atoms with Crippen molar-refractivity contribution in [3.63, 3.8) is 0 Å². The van der Waals surface area contributed by atoms with Gasteiger partial charge in [0.15, 0.2) is 0 Å². The number of hydrogen-bond acceptors (Lipinski definition) is 1. The SMILES string of the molecule is Cc1cc(C(C)C)cc(C)c1-n1c(-c2ccccc2)nc2ccc(-c3ccccc3)cc21. The van der Waals surface area contributed by atoms with Crippen molar-refractivity contribution in [2.75, 3.05) is 0 Å². The van der Waals surface area contributed by atoms with E-state index in [4.69, 9.17) is 4.98 Å². The Hall–Kier alpha value is -3.65. The van der Waals surface area contributed by atoms with Gasteiger partial charge in [-0.1, -0.05) is 92.7 Å². The Bertz CT molecular complexity index is 1370. The number of hydrogen-bond donors (Lipinski definition) is 0. The summed E-state index contributed by atoms with van der Waals surface area (Å²) in [5.74, 6) is 1.48. The predicted octanol–water partition coefficient (Wildman–Crippen LogP) is 8.10. The number of aryl methyl sites for hydroxylation is 2. The molecule has 5 aromatic rings. The highest BCUT2D eigenvalue weighted by atomic mass is 15.1. The first-order valence-electron chi connectivity index (χ1n) is 11.3. The molecule has 0 atom stereocenters. The monoisotopic (exact) mass is 416 g/mol. The Morgan fingerprint density at radius 1 is 0.656 bits per heavy atom. The van der Waals surface area contributed by atoms with Crippen LogP contribution in [0.2, 0.25) is 0 Å². The maximum absolute atomic E-state index is 5.10. The standard InChI is InChI=1S/C30H28N2/c1-20(2)26-17-21(3)29(22(4)18-26)32-28-19-25(23-11-7-5-8-12-23)15-16-27(28)31-30(32)24-13-9-6-10-14-24/h5-20H,1-4H3. The van der Waals surface area contributed by atoms with Crippen LogP contribution in [0.1, 0.15) is 36.5 Å². The molecule has 2 heteroatoms. The van der Waals surface area contributed by atoms with Gasteiger partial charge in [-0.3, -0.25) is 4.57 Å². The van der Waals surface area contributed by atoms with E-state index in [0.29, 0.717) is 5.92 Å². The lowest BCUT2D eigenvalue weighted by molar-refractivity contribution is 0.860. The Labute approximate surface area is 190 Å². The number of fused-ring (bicyclic) bond motifs is 1. The van der Waals surface area contributed by atoms with Crippen molar-refractivity contribution in [1.29, 1.82) is 0 Å². The summed E-state index contributed by atoms with van der Waals surface area (Å²) in [6, 6.07) is 32.3. The molecule has 0 aliphatic heterocycles. The van der Waals surface area contributed by atoms with Gasteiger partial charge in [0.05, 0.1) is 16.7 Å². The largest absolute Gasteiger partial charge is 0.292 e. The van der Waals surface area contributed by atoms with Crippen molar-refractivity contribution in [2.45, 2.75) is 33.6 Å². The first-order chi connectivity index (χ1) is 15.5. The smallest absolute Gasteiger partial charge is 0.145 e. The molecule has 1 aromatic heterocycles. The molecule has 0 unspecified atom stereocenters. The summed E-state index contributed by atoms with van der Waals surface area (Å²) in [7, 11) is 0. The van der Waals surface area contributed by atoms with Gasteiger partial charge in [-0.25, -0.2) is 4.98 Å². The number of imidazole rings is 1. The second-order valence-electron chi connectivity index (χ2n) is 8.86. The molecule has 0 saturated heterocycles. The van der Waals surface area contributed by atoms with Gasteiger partial charge >= 0.3 is 0 Å². The maximum atomic E-state index is 5.10. The summed E-state index contributed by atoms with van der Waals surface area (Å²) in [6.45, 7) is 8.94. The lowest BCUT2D eigenvalue weighted by Gasteiger charge is -2.18. The second-order valence-corrected chi connectivity index (χ2v) is 8.86. The highest BCUT2D eigenvalue weighted by molar-refractivity contribution is 5.88. The van der Waals surface area contributed by atoms with Gasteiger partial charge in [0.25, 0.3) is 0 Å². The molecule has 4 aromatic carbocycles. The topological polar surface area (TPSA) is 17.8 Å². The van der Waals surface area contributed by atoms with Gasteiger partial charge in [0.2, 0.25) is 0 Å². The fourth-order valence-electron chi connectivity index (χ4n) is 4.57. The third kappa shape index (κ3) is 3.52. The molecule has 0 bridgehead atoms. The first kappa shape index (κ1) is 20.3. The summed E-state index contributed by atoms with van der Waals surface area (Å²) in [4.78, 5) is 5.10. The van der Waals surface area contributed by atoms with Gasteiger partial charge < -0.3 is 0 Å². The summed E-state index contributed by atoms with van der Waals surface area (Å²) < 4.78 is 2.35. The molecule has 2 nitrogen and oxygen atoms in total. The van der Waals surface area contributed by atoms with E-state index in [9.17, 15) is 0 Å². The third-order valence-electron chi connectivity index (χ3n) is 6.20. The van der Waals surface area contributed by atoms with Crippen LogP contribution in [0.5, 0.6) is 0 Å². The lowest BCUT2D eigenvalue weighted by Crippen LogP contribution is -2.04. The van der Waals surface area contributed by atoms with E-state index in [1.54, 1.807) is 0 Å². The minimum absolute atomic E-state index is 0.499. The fraction of sp³-hybridized carbons (Fsp3) is 0.167. The van der Waals surface area contributed by atoms with Crippen molar-refractivity contribution in [2.24, 2.45) is 0 Å². The van der Waals surface area contributed by atoms with E-state index in [0.717, 1.165) is 22.4 Å². The number of nitrogens with zero attached hydrogens (tertiary/aromatic N) is 2. The highest BCUT2D eigenvalue weighted by Crippen LogP contribution is 2.35. The van der Waals surface area contributed by atoms with Crippen LogP contribution >= 0.6 is 0 Å². The zero-order chi connectivity index (χ0) is 22.2. The van der Waals surface area contributed by atoms with Crippen LogP contribution in [-0.2, 0) is 0 Å². The average molecular weight is 417 g/mol. The lowest BCUT2D eigenvalue weighted by atomic mass is 9.96. The molecule has 0 amide bonds. The van der Waals surface area contributed by atoms with Crippen LogP contribution in [0, 0.1) is 13.8 Å². The van der Waals surface area contributed by atoms with E-state index < -0.39 is 0 Å². The summed E-state index contributed by atoms with van der Waals surface area (Å²) in [5.41, 5.74) is 10.8. The Morgan fingerprint density at radius 3 is 1.84 bits per heavy atom. The Balaban J connectivity index is 1.83. The molecule has 0 aliphatic rings. The fourth-order valence-corrected chi connectivity index (χ4v) is 4.57. The second kappa shape index (κ2) is 8.12. The van der Waals surface area contributed by atoms with Gasteiger partial charge in [0, 0.05) is 5.56 Å². The van der Waals surface area contributed by atoms with Crippen LogP contribution in [0.4, 0.5) is 0 Å². The maximum Gasteiger partial charge on any atom is 0.145 e. The van der Waals surface area contributed by atoms with Crippen LogP contribution < -0.4 is 0 Å². The van der Waals surface area contributed by atoms with Crippen LogP contribution in [0.15, 0.2) is 91.0 Å². The molecule has 0 saturated carbocycles. The molecule has 0 N–H and O–H groups in total. The Morgan fingerprint density at radius 2 is 1.25 bits per heavy atom. The quantitative estimate of drug-likeness (QED) is 0.289. The highest BCUT2D eigenvalue weighted by Gasteiger charge is 2.19. The first-order valence-corrected chi connectivity index (χ1v) is 11.3. The van der Waals surface area contributed by atoms with E-state index in [-0.39, 0.29) is 0 Å². The van der Waals surface area contributed by atoms with E-state index in [2.05, 4.69) is 123 Å². The van der Waals surface area contributed by atoms with Crippen LogP contribution in [0.3, 0.4) is 0 Å². The van der Waals surface area contributed by atoms with Gasteiger partial charge in [0.1, 0.15) is 5.82 Å². The van der Waals surface area contributed by atoms with Gasteiger partial charge in [-0.2, -0.15) is 0 Å². The zero-order valence-corrected chi connectivity index (χ0v) is 19.1. The van der Waals surface area contributed by atoms with Gasteiger partial charge in [-0.15, -0.1) is 0 Å². The molecule has 5 rings (SSSR count). The number of rotatable bonds is 4. The molecule has 32 heavy (non-hydrogen) atoms. The number of aromatic nitrogens is 2. The summed E-state index contributed by atoms with van der Waals surface area (Å²) in [5, 5.41) is 0. The van der Waals surface area contributed by atoms with Crippen molar-refractivity contribution in [3.05, 3.63) is 108 Å². The van der Waals surface area contributed by atoms with Gasteiger partial charge in [-0.05, 0) is 59.7 Å². The molecule has 0 spiro atoms. The molecule has 0 fully saturated rings. The van der Waals surface area contributed by atoms with Crippen molar-refractivity contribution in [1.82, 2.24) is 9.55 Å². The van der Waals surface area contributed by atoms with Crippen LogP contribution in [-0.4, -0.2) is 9.55 Å². The summed E-state index contributed by atoms with van der Waals surface area (Å²) in [6.07, 6.45) is 0. The minimum atomic E-state index is 0.499. The molecule has 0 aliphatic carbocycles. The minimum Gasteiger partial charge on any atom is -0.292 e. The van der Waals surface area contributed by atoms with Crippen molar-refractivity contribution >= 4 is 11.0 Å². The molecule has 158 valence electrons. The molecular formula is C30H28N2. The molecule has 1 heterocycles. The normalized spacial score (nSPS) is 11.4. The van der Waals surface area contributed by atoms with E-state index in [1.165, 1.54) is 33.5 Å².